The van der Waals surface area contributed by atoms with E-state index in [0.29, 0.717) is 5.56 Å². The SMILES string of the molecule is Cc1cc(C(=O)N2CCC[C@@H]2CO)c2ccccc2n1. The van der Waals surface area contributed by atoms with Crippen molar-refractivity contribution in [2.24, 2.45) is 0 Å². The number of aromatic nitrogens is 1. The lowest BCUT2D eigenvalue weighted by molar-refractivity contribution is 0.0679. The van der Waals surface area contributed by atoms with E-state index in [4.69, 9.17) is 0 Å². The molecule has 1 atom stereocenters. The normalized spacial score (nSPS) is 18.7. The molecule has 4 nitrogen and oxygen atoms in total. The molecule has 1 aromatic carbocycles. The third kappa shape index (κ3) is 2.16. The van der Waals surface area contributed by atoms with Crippen LogP contribution in [-0.2, 0) is 0 Å². The monoisotopic (exact) mass is 270 g/mol. The Hall–Kier alpha value is -1.94. The number of rotatable bonds is 2. The van der Waals surface area contributed by atoms with E-state index in [-0.39, 0.29) is 18.6 Å². The molecule has 4 heteroatoms. The lowest BCUT2D eigenvalue weighted by Crippen LogP contribution is -2.37. The topological polar surface area (TPSA) is 53.4 Å². The largest absolute Gasteiger partial charge is 0.394 e. The van der Waals surface area contributed by atoms with Gasteiger partial charge in [0.2, 0.25) is 0 Å². The molecule has 1 amide bonds. The average molecular weight is 270 g/mol. The van der Waals surface area contributed by atoms with E-state index in [1.54, 1.807) is 4.90 Å². The molecule has 1 fully saturated rings. The molecule has 0 aliphatic carbocycles. The molecular weight excluding hydrogens is 252 g/mol. The molecule has 0 saturated carbocycles. The summed E-state index contributed by atoms with van der Waals surface area (Å²) in [7, 11) is 0. The summed E-state index contributed by atoms with van der Waals surface area (Å²) in [6.07, 6.45) is 1.84. The van der Waals surface area contributed by atoms with Crippen molar-refractivity contribution in [3.8, 4) is 0 Å². The number of para-hydroxylation sites is 1. The lowest BCUT2D eigenvalue weighted by atomic mass is 10.1. The number of hydrogen-bond donors (Lipinski definition) is 1. The van der Waals surface area contributed by atoms with Gasteiger partial charge in [-0.2, -0.15) is 0 Å². The maximum Gasteiger partial charge on any atom is 0.254 e. The first-order valence-electron chi connectivity index (χ1n) is 6.99. The van der Waals surface area contributed by atoms with Crippen molar-refractivity contribution in [1.29, 1.82) is 0 Å². The minimum absolute atomic E-state index is 0.00301. The van der Waals surface area contributed by atoms with Crippen molar-refractivity contribution in [3.63, 3.8) is 0 Å². The third-order valence-corrected chi connectivity index (χ3v) is 3.92. The summed E-state index contributed by atoms with van der Waals surface area (Å²) in [5, 5.41) is 10.3. The van der Waals surface area contributed by atoms with Gasteiger partial charge in [0, 0.05) is 17.6 Å². The highest BCUT2D eigenvalue weighted by Gasteiger charge is 2.29. The molecule has 2 heterocycles. The van der Waals surface area contributed by atoms with Gasteiger partial charge in [0.1, 0.15) is 0 Å². The summed E-state index contributed by atoms with van der Waals surface area (Å²) in [6.45, 7) is 2.66. The first-order valence-corrected chi connectivity index (χ1v) is 6.99. The average Bonchev–Trinajstić information content (AvgIpc) is 2.94. The first kappa shape index (κ1) is 13.1. The summed E-state index contributed by atoms with van der Waals surface area (Å²) in [4.78, 5) is 19.0. The number of fused-ring (bicyclic) bond motifs is 1. The van der Waals surface area contributed by atoms with Crippen molar-refractivity contribution in [2.75, 3.05) is 13.2 Å². The molecule has 0 bridgehead atoms. The molecule has 0 spiro atoms. The molecule has 20 heavy (non-hydrogen) atoms. The highest BCUT2D eigenvalue weighted by atomic mass is 16.3. The van der Waals surface area contributed by atoms with Crippen LogP contribution >= 0.6 is 0 Å². The molecule has 1 aliphatic heterocycles. The number of likely N-dealkylation sites (tertiary alicyclic amines) is 1. The zero-order valence-corrected chi connectivity index (χ0v) is 11.5. The number of aliphatic hydroxyl groups excluding tert-OH is 1. The Morgan fingerprint density at radius 1 is 1.45 bits per heavy atom. The van der Waals surface area contributed by atoms with Crippen LogP contribution in [-0.4, -0.2) is 40.1 Å². The highest BCUT2D eigenvalue weighted by Crippen LogP contribution is 2.24. The Morgan fingerprint density at radius 3 is 3.05 bits per heavy atom. The van der Waals surface area contributed by atoms with Gasteiger partial charge in [0.25, 0.3) is 5.91 Å². The highest BCUT2D eigenvalue weighted by molar-refractivity contribution is 6.06. The number of amides is 1. The van der Waals surface area contributed by atoms with E-state index in [1.165, 1.54) is 0 Å². The first-order chi connectivity index (χ1) is 9.70. The summed E-state index contributed by atoms with van der Waals surface area (Å²) in [5.41, 5.74) is 2.37. The number of nitrogens with zero attached hydrogens (tertiary/aromatic N) is 2. The van der Waals surface area contributed by atoms with E-state index in [1.807, 2.05) is 37.3 Å². The fourth-order valence-electron chi connectivity index (χ4n) is 2.93. The molecular formula is C16H18N2O2. The van der Waals surface area contributed by atoms with Crippen molar-refractivity contribution in [1.82, 2.24) is 9.88 Å². The van der Waals surface area contributed by atoms with Crippen LogP contribution in [0.1, 0.15) is 28.9 Å². The fraction of sp³-hybridized carbons (Fsp3) is 0.375. The minimum atomic E-state index is -0.0465. The molecule has 1 N–H and O–H groups in total. The molecule has 1 saturated heterocycles. The smallest absolute Gasteiger partial charge is 0.254 e. The Labute approximate surface area is 118 Å². The molecule has 104 valence electrons. The summed E-state index contributed by atoms with van der Waals surface area (Å²) < 4.78 is 0. The number of pyridine rings is 1. The second-order valence-electron chi connectivity index (χ2n) is 5.31. The van der Waals surface area contributed by atoms with E-state index < -0.39 is 0 Å². The van der Waals surface area contributed by atoms with Crippen LogP contribution < -0.4 is 0 Å². The summed E-state index contributed by atoms with van der Waals surface area (Å²) >= 11 is 0. The van der Waals surface area contributed by atoms with Gasteiger partial charge in [0.05, 0.1) is 23.7 Å². The van der Waals surface area contributed by atoms with Gasteiger partial charge in [-0.3, -0.25) is 9.78 Å². The van der Waals surface area contributed by atoms with E-state index in [0.717, 1.165) is 36.0 Å². The van der Waals surface area contributed by atoms with Gasteiger partial charge in [-0.1, -0.05) is 18.2 Å². The Kier molecular flexibility index (Phi) is 3.40. The van der Waals surface area contributed by atoms with Crippen LogP contribution in [0.3, 0.4) is 0 Å². The number of carbonyl (C=O) groups is 1. The van der Waals surface area contributed by atoms with Crippen LogP contribution in [0.5, 0.6) is 0 Å². The molecule has 3 rings (SSSR count). The van der Waals surface area contributed by atoms with E-state index in [9.17, 15) is 9.90 Å². The van der Waals surface area contributed by atoms with Gasteiger partial charge in [-0.05, 0) is 31.9 Å². The maximum absolute atomic E-state index is 12.8. The van der Waals surface area contributed by atoms with Gasteiger partial charge in [-0.15, -0.1) is 0 Å². The van der Waals surface area contributed by atoms with Crippen molar-refractivity contribution < 1.29 is 9.90 Å². The lowest BCUT2D eigenvalue weighted by Gasteiger charge is -2.23. The van der Waals surface area contributed by atoms with Crippen LogP contribution in [0, 0.1) is 6.92 Å². The predicted octanol–water partition coefficient (Wildman–Crippen LogP) is 2.14. The second kappa shape index (κ2) is 5.21. The Morgan fingerprint density at radius 2 is 2.25 bits per heavy atom. The molecule has 1 aliphatic rings. The zero-order valence-electron chi connectivity index (χ0n) is 11.5. The fourth-order valence-corrected chi connectivity index (χ4v) is 2.93. The number of hydrogen-bond acceptors (Lipinski definition) is 3. The molecule has 2 aromatic rings. The predicted molar refractivity (Wildman–Crippen MR) is 77.6 cm³/mol. The van der Waals surface area contributed by atoms with Crippen LogP contribution in [0.15, 0.2) is 30.3 Å². The Balaban J connectivity index is 2.07. The van der Waals surface area contributed by atoms with Crippen LogP contribution in [0.2, 0.25) is 0 Å². The molecule has 0 unspecified atom stereocenters. The van der Waals surface area contributed by atoms with E-state index >= 15 is 0 Å². The van der Waals surface area contributed by atoms with Crippen molar-refractivity contribution in [3.05, 3.63) is 41.6 Å². The maximum atomic E-state index is 12.8. The minimum Gasteiger partial charge on any atom is -0.394 e. The van der Waals surface area contributed by atoms with Gasteiger partial charge < -0.3 is 10.0 Å². The van der Waals surface area contributed by atoms with Gasteiger partial charge in [-0.25, -0.2) is 0 Å². The van der Waals surface area contributed by atoms with Gasteiger partial charge in [0.15, 0.2) is 0 Å². The quantitative estimate of drug-likeness (QED) is 0.909. The second-order valence-corrected chi connectivity index (χ2v) is 5.31. The number of carbonyl (C=O) groups excluding carboxylic acids is 1. The number of aryl methyl sites for hydroxylation is 1. The van der Waals surface area contributed by atoms with Crippen molar-refractivity contribution >= 4 is 16.8 Å². The van der Waals surface area contributed by atoms with Crippen LogP contribution in [0.25, 0.3) is 10.9 Å². The number of aliphatic hydroxyl groups is 1. The third-order valence-electron chi connectivity index (χ3n) is 3.92. The summed E-state index contributed by atoms with van der Waals surface area (Å²) in [6, 6.07) is 9.50. The zero-order chi connectivity index (χ0) is 14.1. The molecule has 0 radical (unpaired) electrons. The standard InChI is InChI=1S/C16H18N2O2/c1-11-9-14(13-6-2-3-7-15(13)17-11)16(20)18-8-4-5-12(18)10-19/h2-3,6-7,9,12,19H,4-5,8,10H2,1H3/t12-/m1/s1. The van der Waals surface area contributed by atoms with Crippen molar-refractivity contribution in [2.45, 2.75) is 25.8 Å². The van der Waals surface area contributed by atoms with Gasteiger partial charge >= 0.3 is 0 Å². The molecule has 1 aromatic heterocycles. The number of benzene rings is 1. The van der Waals surface area contributed by atoms with Crippen LogP contribution in [0.4, 0.5) is 0 Å². The Bertz CT molecular complexity index is 654. The summed E-state index contributed by atoms with van der Waals surface area (Å²) in [5.74, 6) is 0.00301. The van der Waals surface area contributed by atoms with E-state index in [2.05, 4.69) is 4.98 Å².